The molecule has 0 spiro atoms. The van der Waals surface area contributed by atoms with E-state index in [1.807, 2.05) is 24.3 Å². The quantitative estimate of drug-likeness (QED) is 0.763. The number of aromatic amines is 1. The first-order valence-electron chi connectivity index (χ1n) is 5.75. The molecule has 5 nitrogen and oxygen atoms in total. The molecule has 0 fully saturated rings. The summed E-state index contributed by atoms with van der Waals surface area (Å²) in [6, 6.07) is 7.96. The first-order valence-corrected chi connectivity index (χ1v) is 5.75. The highest BCUT2D eigenvalue weighted by Crippen LogP contribution is 2.26. The van der Waals surface area contributed by atoms with Crippen molar-refractivity contribution in [1.82, 2.24) is 10.2 Å². The molecule has 3 rings (SSSR count). The van der Waals surface area contributed by atoms with Gasteiger partial charge in [-0.15, -0.1) is 0 Å². The van der Waals surface area contributed by atoms with Gasteiger partial charge in [-0.05, 0) is 12.1 Å². The molecule has 0 aliphatic carbocycles. The van der Waals surface area contributed by atoms with Crippen LogP contribution in [0.25, 0.3) is 11.4 Å². The average molecular weight is 231 g/mol. The standard InChI is InChI=1S/C12H14N4O/c1-17-10-6-3-2-5-9(10)11-14-15-12-13-7-4-8-16(11)12/h2-3,5-6H,4,7-8H2,1H3,(H,13,15)/p+1. The van der Waals surface area contributed by atoms with E-state index >= 15 is 0 Å². The van der Waals surface area contributed by atoms with Gasteiger partial charge in [0.15, 0.2) is 0 Å². The van der Waals surface area contributed by atoms with Crippen LogP contribution in [0.15, 0.2) is 24.3 Å². The van der Waals surface area contributed by atoms with E-state index in [1.165, 1.54) is 0 Å². The maximum absolute atomic E-state index is 5.38. The van der Waals surface area contributed by atoms with Gasteiger partial charge in [-0.25, -0.2) is 4.57 Å². The molecule has 1 aromatic carbocycles. The second kappa shape index (κ2) is 4.08. The molecule has 2 heterocycles. The number of hydrogen-bond donors (Lipinski definition) is 2. The Morgan fingerprint density at radius 1 is 1.35 bits per heavy atom. The van der Waals surface area contributed by atoms with E-state index in [1.54, 1.807) is 7.11 Å². The Morgan fingerprint density at radius 3 is 3.12 bits per heavy atom. The maximum atomic E-state index is 5.38. The van der Waals surface area contributed by atoms with Crippen molar-refractivity contribution in [1.29, 1.82) is 0 Å². The first-order chi connectivity index (χ1) is 8.40. The van der Waals surface area contributed by atoms with Crippen molar-refractivity contribution < 1.29 is 9.30 Å². The Balaban J connectivity index is 2.12. The lowest BCUT2D eigenvalue weighted by molar-refractivity contribution is -0.675. The van der Waals surface area contributed by atoms with Crippen LogP contribution in [0.5, 0.6) is 5.75 Å². The fraction of sp³-hybridized carbons (Fsp3) is 0.333. The zero-order valence-corrected chi connectivity index (χ0v) is 9.73. The van der Waals surface area contributed by atoms with E-state index in [2.05, 4.69) is 20.1 Å². The van der Waals surface area contributed by atoms with Crippen LogP contribution < -0.4 is 14.6 Å². The predicted molar refractivity (Wildman–Crippen MR) is 63.9 cm³/mol. The van der Waals surface area contributed by atoms with E-state index in [-0.39, 0.29) is 0 Å². The molecule has 0 saturated heterocycles. The highest BCUT2D eigenvalue weighted by Gasteiger charge is 2.24. The number of hydrogen-bond acceptors (Lipinski definition) is 3. The number of fused-ring (bicyclic) bond motifs is 1. The number of nitrogens with zero attached hydrogens (tertiary/aromatic N) is 2. The number of anilines is 1. The Bertz CT molecular complexity index is 535. The van der Waals surface area contributed by atoms with Crippen LogP contribution in [-0.4, -0.2) is 23.9 Å². The second-order valence-electron chi connectivity index (χ2n) is 4.03. The van der Waals surface area contributed by atoms with Crippen molar-refractivity contribution >= 4 is 5.95 Å². The molecule has 1 aromatic heterocycles. The summed E-state index contributed by atoms with van der Waals surface area (Å²) in [5.74, 6) is 2.75. The monoisotopic (exact) mass is 231 g/mol. The molecule has 88 valence electrons. The Labute approximate surface area is 99.4 Å². The van der Waals surface area contributed by atoms with E-state index in [0.29, 0.717) is 0 Å². The Hall–Kier alpha value is -2.04. The van der Waals surface area contributed by atoms with Gasteiger partial charge in [0.1, 0.15) is 5.75 Å². The smallest absolute Gasteiger partial charge is 0.377 e. The molecular formula is C12H15N4O+. The van der Waals surface area contributed by atoms with Gasteiger partial charge in [0.2, 0.25) is 5.82 Å². The molecular weight excluding hydrogens is 216 g/mol. The summed E-state index contributed by atoms with van der Waals surface area (Å²) in [6.45, 7) is 1.96. The van der Waals surface area contributed by atoms with Crippen molar-refractivity contribution in [3.05, 3.63) is 24.3 Å². The molecule has 2 aromatic rings. The van der Waals surface area contributed by atoms with Gasteiger partial charge >= 0.3 is 5.95 Å². The SMILES string of the molecule is COc1ccccc1-c1[nH]nc2[n+]1CCCN2. The lowest BCUT2D eigenvalue weighted by Crippen LogP contribution is -2.42. The van der Waals surface area contributed by atoms with Crippen LogP contribution in [0, 0.1) is 0 Å². The molecule has 0 unspecified atom stereocenters. The third-order valence-corrected chi connectivity index (χ3v) is 3.00. The molecule has 17 heavy (non-hydrogen) atoms. The van der Waals surface area contributed by atoms with Crippen LogP contribution in [0.4, 0.5) is 5.95 Å². The summed E-state index contributed by atoms with van der Waals surface area (Å²) in [5, 5.41) is 10.6. The third kappa shape index (κ3) is 1.63. The van der Waals surface area contributed by atoms with Gasteiger partial charge in [-0.1, -0.05) is 12.1 Å². The van der Waals surface area contributed by atoms with E-state index in [9.17, 15) is 0 Å². The van der Waals surface area contributed by atoms with Crippen molar-refractivity contribution in [2.24, 2.45) is 0 Å². The van der Waals surface area contributed by atoms with Gasteiger partial charge in [0.05, 0.1) is 25.8 Å². The number of benzene rings is 1. The van der Waals surface area contributed by atoms with Crippen molar-refractivity contribution in [2.75, 3.05) is 19.0 Å². The highest BCUT2D eigenvalue weighted by molar-refractivity contribution is 5.62. The fourth-order valence-corrected chi connectivity index (χ4v) is 2.17. The molecule has 1 aliphatic heterocycles. The van der Waals surface area contributed by atoms with Crippen LogP contribution in [-0.2, 0) is 6.54 Å². The Kier molecular flexibility index (Phi) is 2.44. The molecule has 0 amide bonds. The second-order valence-corrected chi connectivity index (χ2v) is 4.03. The topological polar surface area (TPSA) is 53.8 Å². The predicted octanol–water partition coefficient (Wildman–Crippen LogP) is 1.19. The zero-order valence-electron chi connectivity index (χ0n) is 9.73. The van der Waals surface area contributed by atoms with Gasteiger partial charge in [0, 0.05) is 11.5 Å². The summed E-state index contributed by atoms with van der Waals surface area (Å²) in [5.41, 5.74) is 1.04. The van der Waals surface area contributed by atoms with Crippen molar-refractivity contribution in [3.8, 4) is 17.1 Å². The van der Waals surface area contributed by atoms with E-state index in [4.69, 9.17) is 4.74 Å². The number of nitrogens with one attached hydrogen (secondary N) is 2. The largest absolute Gasteiger partial charge is 0.496 e. The molecule has 0 bridgehead atoms. The van der Waals surface area contributed by atoms with Crippen molar-refractivity contribution in [3.63, 3.8) is 0 Å². The minimum Gasteiger partial charge on any atom is -0.496 e. The summed E-state index contributed by atoms with van der Waals surface area (Å²) < 4.78 is 7.53. The number of ether oxygens (including phenoxy) is 1. The molecule has 1 aliphatic rings. The van der Waals surface area contributed by atoms with Gasteiger partial charge in [-0.3, -0.25) is 5.32 Å². The summed E-state index contributed by atoms with van der Waals surface area (Å²) in [6.07, 6.45) is 1.11. The lowest BCUT2D eigenvalue weighted by atomic mass is 10.2. The third-order valence-electron chi connectivity index (χ3n) is 3.00. The lowest BCUT2D eigenvalue weighted by Gasteiger charge is -2.11. The minimum atomic E-state index is 0.858. The number of methoxy groups -OCH3 is 1. The normalized spacial score (nSPS) is 13.9. The summed E-state index contributed by atoms with van der Waals surface area (Å²) in [4.78, 5) is 0. The molecule has 0 atom stereocenters. The van der Waals surface area contributed by atoms with E-state index in [0.717, 1.165) is 42.6 Å². The fourth-order valence-electron chi connectivity index (χ4n) is 2.17. The maximum Gasteiger partial charge on any atom is 0.377 e. The molecule has 0 saturated carbocycles. The molecule has 2 N–H and O–H groups in total. The van der Waals surface area contributed by atoms with Crippen LogP contribution in [0.1, 0.15) is 6.42 Å². The number of rotatable bonds is 2. The number of H-pyrrole nitrogens is 1. The Morgan fingerprint density at radius 2 is 2.24 bits per heavy atom. The first kappa shape index (κ1) is 10.1. The number of aromatic nitrogens is 3. The number of para-hydroxylation sites is 1. The van der Waals surface area contributed by atoms with E-state index < -0.39 is 0 Å². The van der Waals surface area contributed by atoms with Gasteiger partial charge in [-0.2, -0.15) is 5.10 Å². The van der Waals surface area contributed by atoms with Crippen LogP contribution in [0.3, 0.4) is 0 Å². The zero-order chi connectivity index (χ0) is 11.7. The summed E-state index contributed by atoms with van der Waals surface area (Å²) >= 11 is 0. The van der Waals surface area contributed by atoms with Crippen LogP contribution >= 0.6 is 0 Å². The van der Waals surface area contributed by atoms with Crippen LogP contribution in [0.2, 0.25) is 0 Å². The molecule has 0 radical (unpaired) electrons. The van der Waals surface area contributed by atoms with Gasteiger partial charge < -0.3 is 4.74 Å². The highest BCUT2D eigenvalue weighted by atomic mass is 16.5. The van der Waals surface area contributed by atoms with Crippen molar-refractivity contribution in [2.45, 2.75) is 13.0 Å². The van der Waals surface area contributed by atoms with Gasteiger partial charge in [0.25, 0.3) is 0 Å². The average Bonchev–Trinajstić information content (AvgIpc) is 2.82. The summed E-state index contributed by atoms with van der Waals surface area (Å²) in [7, 11) is 1.69. The minimum absolute atomic E-state index is 0.858. The molecule has 5 heteroatoms.